The van der Waals surface area contributed by atoms with Crippen molar-refractivity contribution >= 4 is 16.6 Å². The Morgan fingerprint density at radius 2 is 1.82 bits per heavy atom. The molecule has 5 aromatic rings. The minimum atomic E-state index is 0.638. The zero-order valence-electron chi connectivity index (χ0n) is 22.1. The highest BCUT2D eigenvalue weighted by Gasteiger charge is 2.20. The molecule has 5 heteroatoms. The van der Waals surface area contributed by atoms with Gasteiger partial charge in [0.1, 0.15) is 12.1 Å². The fourth-order valence-corrected chi connectivity index (χ4v) is 5.67. The number of oxazole rings is 1. The molecule has 0 unspecified atom stereocenters. The third-order valence-corrected chi connectivity index (χ3v) is 7.44. The van der Waals surface area contributed by atoms with Gasteiger partial charge in [0.2, 0.25) is 5.89 Å². The fraction of sp³-hybridized carbons (Fsp3) is 0.242. The maximum absolute atomic E-state index is 9.55. The summed E-state index contributed by atoms with van der Waals surface area (Å²) in [5.74, 6) is 1.73. The predicted molar refractivity (Wildman–Crippen MR) is 151 cm³/mol. The Kier molecular flexibility index (Phi) is 6.17. The first-order chi connectivity index (χ1) is 18.6. The first kappa shape index (κ1) is 23.9. The third kappa shape index (κ3) is 4.22. The summed E-state index contributed by atoms with van der Waals surface area (Å²) in [6.45, 7) is 6.98. The van der Waals surface area contributed by atoms with Crippen molar-refractivity contribution in [3.8, 4) is 17.5 Å². The Labute approximate surface area is 223 Å². The smallest absolute Gasteiger partial charge is 0.226 e. The molecule has 0 amide bonds. The van der Waals surface area contributed by atoms with Gasteiger partial charge >= 0.3 is 0 Å². The highest BCUT2D eigenvalue weighted by molar-refractivity contribution is 5.86. The van der Waals surface area contributed by atoms with Crippen molar-refractivity contribution in [3.05, 3.63) is 112 Å². The summed E-state index contributed by atoms with van der Waals surface area (Å²) in [5.41, 5.74) is 12.2. The summed E-state index contributed by atoms with van der Waals surface area (Å²) >= 11 is 0. The summed E-state index contributed by atoms with van der Waals surface area (Å²) < 4.78 is 8.08. The Bertz CT molecular complexity index is 1740. The van der Waals surface area contributed by atoms with Gasteiger partial charge in [0.25, 0.3) is 0 Å². The van der Waals surface area contributed by atoms with Crippen LogP contribution in [0.15, 0.2) is 71.4 Å². The first-order valence-electron chi connectivity index (χ1n) is 13.3. The van der Waals surface area contributed by atoms with Gasteiger partial charge in [0.15, 0.2) is 0 Å². The molecule has 0 saturated carbocycles. The quantitative estimate of drug-likeness (QED) is 0.237. The number of benzene rings is 3. The number of aryl methyl sites for hydroxylation is 5. The normalized spacial score (nSPS) is 13.8. The molecule has 6 rings (SSSR count). The Hall–Kier alpha value is -4.43. The van der Waals surface area contributed by atoms with Crippen molar-refractivity contribution in [2.75, 3.05) is 0 Å². The van der Waals surface area contributed by atoms with Crippen molar-refractivity contribution in [2.45, 2.75) is 53.0 Å². The number of nitrogens with zero attached hydrogens (tertiary/aromatic N) is 4. The molecule has 0 fully saturated rings. The van der Waals surface area contributed by atoms with Crippen LogP contribution in [0, 0.1) is 25.2 Å². The molecule has 38 heavy (non-hydrogen) atoms. The topological polar surface area (TPSA) is 67.6 Å². The molecule has 0 N–H and O–H groups in total. The van der Waals surface area contributed by atoms with Crippen LogP contribution in [0.3, 0.4) is 0 Å². The maximum atomic E-state index is 9.55. The number of aromatic nitrogens is 3. The summed E-state index contributed by atoms with van der Waals surface area (Å²) in [6.07, 6.45) is 7.23. The van der Waals surface area contributed by atoms with Crippen LogP contribution in [0.1, 0.15) is 58.2 Å². The molecule has 1 aliphatic rings. The SMILES string of the molecule is CCCc1nc2c(C)cc(-c3nc(C)co3)cc2n1Cc1ccc2c(c1)CCc1ccccc1/C2=C\C#N. The predicted octanol–water partition coefficient (Wildman–Crippen LogP) is 7.36. The number of allylic oxidation sites excluding steroid dienone is 1. The van der Waals surface area contributed by atoms with Gasteiger partial charge in [-0.2, -0.15) is 5.26 Å². The van der Waals surface area contributed by atoms with E-state index in [4.69, 9.17) is 9.40 Å². The largest absolute Gasteiger partial charge is 0.444 e. The maximum Gasteiger partial charge on any atom is 0.226 e. The van der Waals surface area contributed by atoms with E-state index in [0.717, 1.165) is 82.6 Å². The van der Waals surface area contributed by atoms with Gasteiger partial charge in [-0.05, 0) is 84.2 Å². The summed E-state index contributed by atoms with van der Waals surface area (Å²) in [6, 6.07) is 21.7. The lowest BCUT2D eigenvalue weighted by atomic mass is 9.93. The van der Waals surface area contributed by atoms with Crippen LogP contribution >= 0.6 is 0 Å². The van der Waals surface area contributed by atoms with Gasteiger partial charge in [-0.3, -0.25) is 0 Å². The first-order valence-corrected chi connectivity index (χ1v) is 13.3. The lowest BCUT2D eigenvalue weighted by Crippen LogP contribution is -2.06. The molecule has 0 atom stereocenters. The van der Waals surface area contributed by atoms with E-state index in [-0.39, 0.29) is 0 Å². The molecule has 2 aromatic heterocycles. The second-order valence-corrected chi connectivity index (χ2v) is 10.2. The zero-order valence-corrected chi connectivity index (χ0v) is 22.1. The summed E-state index contributed by atoms with van der Waals surface area (Å²) in [5, 5.41) is 9.55. The molecule has 1 aliphatic carbocycles. The van der Waals surface area contributed by atoms with Gasteiger partial charge in [0, 0.05) is 24.6 Å². The van der Waals surface area contributed by atoms with Gasteiger partial charge < -0.3 is 8.98 Å². The Morgan fingerprint density at radius 3 is 2.61 bits per heavy atom. The van der Waals surface area contributed by atoms with E-state index < -0.39 is 0 Å². The number of fused-ring (bicyclic) bond motifs is 3. The zero-order chi connectivity index (χ0) is 26.2. The second kappa shape index (κ2) is 9.79. The minimum Gasteiger partial charge on any atom is -0.444 e. The number of imidazole rings is 1. The van der Waals surface area contributed by atoms with Crippen molar-refractivity contribution < 1.29 is 4.42 Å². The van der Waals surface area contributed by atoms with E-state index in [1.165, 1.54) is 16.7 Å². The van der Waals surface area contributed by atoms with E-state index in [0.29, 0.717) is 5.89 Å². The van der Waals surface area contributed by atoms with E-state index >= 15 is 0 Å². The molecule has 3 aromatic carbocycles. The number of rotatable bonds is 5. The van der Waals surface area contributed by atoms with E-state index in [1.807, 2.05) is 6.92 Å². The van der Waals surface area contributed by atoms with Gasteiger partial charge in [-0.25, -0.2) is 9.97 Å². The Morgan fingerprint density at radius 1 is 1.00 bits per heavy atom. The van der Waals surface area contributed by atoms with Crippen LogP contribution in [0.5, 0.6) is 0 Å². The number of nitriles is 1. The fourth-order valence-electron chi connectivity index (χ4n) is 5.67. The summed E-state index contributed by atoms with van der Waals surface area (Å²) in [4.78, 5) is 9.63. The molecule has 0 saturated heterocycles. The van der Waals surface area contributed by atoms with Crippen molar-refractivity contribution in [3.63, 3.8) is 0 Å². The average Bonchev–Trinajstić information content (AvgIpc) is 3.46. The molecule has 0 aliphatic heterocycles. The molecular formula is C33H30N4O. The highest BCUT2D eigenvalue weighted by Crippen LogP contribution is 2.35. The molecular weight excluding hydrogens is 468 g/mol. The second-order valence-electron chi connectivity index (χ2n) is 10.2. The molecule has 0 spiro atoms. The number of hydrogen-bond acceptors (Lipinski definition) is 4. The molecule has 5 nitrogen and oxygen atoms in total. The third-order valence-electron chi connectivity index (χ3n) is 7.44. The van der Waals surface area contributed by atoms with Gasteiger partial charge in [0.05, 0.1) is 22.8 Å². The highest BCUT2D eigenvalue weighted by atomic mass is 16.3. The number of hydrogen-bond donors (Lipinski definition) is 0. The van der Waals surface area contributed by atoms with Crippen LogP contribution in [0.25, 0.3) is 28.1 Å². The minimum absolute atomic E-state index is 0.638. The van der Waals surface area contributed by atoms with Crippen LogP contribution in [0.4, 0.5) is 0 Å². The Balaban J connectivity index is 1.44. The van der Waals surface area contributed by atoms with E-state index in [1.54, 1.807) is 12.3 Å². The standard InChI is InChI=1S/C33H30N4O/c1-4-7-31-36-32-21(2)16-26(33-35-22(3)20-38-33)18-30(32)37(31)19-23-10-13-28-25(17-23)12-11-24-8-5-6-9-27(24)29(28)14-15-34/h5-6,8-10,13-14,16-18,20H,4,7,11-12,19H2,1-3H3/b29-14+. The lowest BCUT2D eigenvalue weighted by Gasteiger charge is -2.14. The van der Waals surface area contributed by atoms with Crippen molar-refractivity contribution in [2.24, 2.45) is 0 Å². The van der Waals surface area contributed by atoms with Crippen LogP contribution < -0.4 is 0 Å². The average molecular weight is 499 g/mol. The lowest BCUT2D eigenvalue weighted by molar-refractivity contribution is 0.573. The van der Waals surface area contributed by atoms with Crippen LogP contribution in [0.2, 0.25) is 0 Å². The van der Waals surface area contributed by atoms with Crippen LogP contribution in [-0.4, -0.2) is 14.5 Å². The van der Waals surface area contributed by atoms with Crippen molar-refractivity contribution in [1.29, 1.82) is 5.26 Å². The molecule has 2 heterocycles. The monoisotopic (exact) mass is 498 g/mol. The van der Waals surface area contributed by atoms with Crippen molar-refractivity contribution in [1.82, 2.24) is 14.5 Å². The van der Waals surface area contributed by atoms with E-state index in [2.05, 4.69) is 84.1 Å². The van der Waals surface area contributed by atoms with E-state index in [9.17, 15) is 5.26 Å². The van der Waals surface area contributed by atoms with Gasteiger partial charge in [-0.15, -0.1) is 0 Å². The molecule has 0 radical (unpaired) electrons. The summed E-state index contributed by atoms with van der Waals surface area (Å²) in [7, 11) is 0. The molecule has 188 valence electrons. The van der Waals surface area contributed by atoms with Gasteiger partial charge in [-0.1, -0.05) is 49.4 Å². The van der Waals surface area contributed by atoms with Crippen LogP contribution in [-0.2, 0) is 25.8 Å². The molecule has 0 bridgehead atoms.